The molecule has 0 atom stereocenters. The number of para-hydroxylation sites is 1. The van der Waals surface area contributed by atoms with Gasteiger partial charge in [0.2, 0.25) is 0 Å². The van der Waals surface area contributed by atoms with Gasteiger partial charge in [-0.15, -0.1) is 0 Å². The van der Waals surface area contributed by atoms with Crippen LogP contribution in [0.15, 0.2) is 75.9 Å². The second-order valence-electron chi connectivity index (χ2n) is 6.85. The van der Waals surface area contributed by atoms with Gasteiger partial charge in [-0.3, -0.25) is 4.79 Å². The Kier molecular flexibility index (Phi) is 3.79. The zero-order valence-corrected chi connectivity index (χ0v) is 15.3. The first-order valence-corrected chi connectivity index (χ1v) is 9.75. The molecule has 134 valence electrons. The highest BCUT2D eigenvalue weighted by Gasteiger charge is 2.38. The topological polar surface area (TPSA) is 79.5 Å². The minimum Gasteiger partial charge on any atom is -0.399 e. The Morgan fingerprint density at radius 1 is 1.07 bits per heavy atom. The van der Waals surface area contributed by atoms with Crippen LogP contribution < -0.4 is 16.5 Å². The zero-order chi connectivity index (χ0) is 18.4. The van der Waals surface area contributed by atoms with Gasteiger partial charge < -0.3 is 11.1 Å². The van der Waals surface area contributed by atoms with E-state index in [1.54, 1.807) is 11.8 Å². The molecule has 2 aliphatic heterocycles. The van der Waals surface area contributed by atoms with Gasteiger partial charge in [0, 0.05) is 32.7 Å². The number of anilines is 2. The smallest absolute Gasteiger partial charge is 0.275 e. The van der Waals surface area contributed by atoms with Crippen LogP contribution in [0, 0.1) is 5.92 Å². The quantitative estimate of drug-likeness (QED) is 0.561. The van der Waals surface area contributed by atoms with Crippen LogP contribution in [0.2, 0.25) is 0 Å². The summed E-state index contributed by atoms with van der Waals surface area (Å²) in [6, 6.07) is 16.0. The number of fused-ring (bicyclic) bond motifs is 1. The first-order chi connectivity index (χ1) is 13.2. The van der Waals surface area contributed by atoms with Crippen LogP contribution in [-0.4, -0.2) is 11.6 Å². The van der Waals surface area contributed by atoms with E-state index in [2.05, 4.69) is 28.0 Å². The molecule has 5 rings (SSSR count). The third kappa shape index (κ3) is 3.02. The number of amides is 1. The fourth-order valence-electron chi connectivity index (χ4n) is 3.33. The average molecular weight is 374 g/mol. The van der Waals surface area contributed by atoms with Crippen molar-refractivity contribution in [1.82, 2.24) is 5.43 Å². The molecule has 0 aromatic heterocycles. The van der Waals surface area contributed by atoms with Gasteiger partial charge in [-0.2, -0.15) is 5.10 Å². The first-order valence-electron chi connectivity index (χ1n) is 8.93. The van der Waals surface area contributed by atoms with Crippen LogP contribution in [0.3, 0.4) is 0 Å². The lowest BCUT2D eigenvalue weighted by Gasteiger charge is -2.22. The van der Waals surface area contributed by atoms with Crippen molar-refractivity contribution in [3.05, 3.63) is 71.4 Å². The summed E-state index contributed by atoms with van der Waals surface area (Å²) in [4.78, 5) is 14.6. The molecular formula is C21H18N4OS. The van der Waals surface area contributed by atoms with E-state index < -0.39 is 0 Å². The van der Waals surface area contributed by atoms with Crippen molar-refractivity contribution in [2.45, 2.75) is 17.7 Å². The number of carbonyl (C=O) groups excluding carboxylic acids is 1. The maximum Gasteiger partial charge on any atom is 0.275 e. The number of nitrogens with zero attached hydrogens (tertiary/aromatic N) is 1. The van der Waals surface area contributed by atoms with Crippen molar-refractivity contribution >= 4 is 39.7 Å². The van der Waals surface area contributed by atoms with Crippen LogP contribution in [0.4, 0.5) is 11.4 Å². The molecule has 1 fully saturated rings. The van der Waals surface area contributed by atoms with Crippen LogP contribution in [0.1, 0.15) is 18.4 Å². The van der Waals surface area contributed by atoms with Gasteiger partial charge >= 0.3 is 0 Å². The number of hydrogen-bond donors (Lipinski definition) is 3. The average Bonchev–Trinajstić information content (AvgIpc) is 3.45. The number of thioether (sulfide) groups is 1. The Bertz CT molecular complexity index is 1030. The molecule has 4 N–H and O–H groups in total. The predicted octanol–water partition coefficient (Wildman–Crippen LogP) is 3.98. The summed E-state index contributed by atoms with van der Waals surface area (Å²) in [5.74, 6) is 0.263. The molecule has 2 aromatic rings. The van der Waals surface area contributed by atoms with Crippen molar-refractivity contribution in [2.24, 2.45) is 11.0 Å². The lowest BCUT2D eigenvalue weighted by atomic mass is 10.0. The molecule has 1 amide bonds. The van der Waals surface area contributed by atoms with Crippen LogP contribution >= 0.6 is 11.8 Å². The molecule has 1 saturated carbocycles. The van der Waals surface area contributed by atoms with Gasteiger partial charge in [-0.25, -0.2) is 5.43 Å². The van der Waals surface area contributed by atoms with Crippen molar-refractivity contribution in [3.63, 3.8) is 0 Å². The van der Waals surface area contributed by atoms with Crippen molar-refractivity contribution in [1.29, 1.82) is 0 Å². The monoisotopic (exact) mass is 374 g/mol. The Hall–Kier alpha value is -2.99. The maximum absolute atomic E-state index is 12.5. The van der Waals surface area contributed by atoms with E-state index in [4.69, 9.17) is 5.73 Å². The Morgan fingerprint density at radius 2 is 1.85 bits per heavy atom. The van der Waals surface area contributed by atoms with E-state index in [-0.39, 0.29) is 5.91 Å². The Labute approximate surface area is 161 Å². The summed E-state index contributed by atoms with van der Waals surface area (Å²) in [6.45, 7) is 0. The molecule has 0 radical (unpaired) electrons. The molecule has 6 heteroatoms. The number of rotatable bonds is 3. The molecule has 5 nitrogen and oxygen atoms in total. The molecule has 2 aromatic carbocycles. The van der Waals surface area contributed by atoms with E-state index in [1.165, 1.54) is 0 Å². The van der Waals surface area contributed by atoms with E-state index >= 15 is 0 Å². The minimum atomic E-state index is -0.133. The highest BCUT2D eigenvalue weighted by Crippen LogP contribution is 2.43. The van der Waals surface area contributed by atoms with Crippen molar-refractivity contribution < 1.29 is 4.79 Å². The Balaban J connectivity index is 1.60. The molecule has 1 aliphatic carbocycles. The third-order valence-corrected chi connectivity index (χ3v) is 5.91. The molecular weight excluding hydrogens is 356 g/mol. The standard InChI is InChI=1S/C21H18N4OS/c22-13-7-9-14(10-8-13)27-18-11-17(23-16-4-2-1-3-15(16)18)19-20(12-5-6-12)24-25-21(19)26/h1-4,7-12,23H,5-6,22H2,(H,25,26)/b19-17-. The molecule has 2 heterocycles. The number of nitrogen functional groups attached to an aromatic ring is 1. The summed E-state index contributed by atoms with van der Waals surface area (Å²) in [5, 5.41) is 7.71. The summed E-state index contributed by atoms with van der Waals surface area (Å²) in [7, 11) is 0. The van der Waals surface area contributed by atoms with E-state index in [0.29, 0.717) is 11.5 Å². The number of hydrazone groups is 1. The van der Waals surface area contributed by atoms with Gasteiger partial charge in [0.25, 0.3) is 5.91 Å². The molecule has 3 aliphatic rings. The summed E-state index contributed by atoms with van der Waals surface area (Å²) in [5.41, 5.74) is 13.7. The number of nitrogens with one attached hydrogen (secondary N) is 2. The fraction of sp³-hybridized carbons (Fsp3) is 0.143. The predicted molar refractivity (Wildman–Crippen MR) is 110 cm³/mol. The molecule has 0 saturated heterocycles. The summed E-state index contributed by atoms with van der Waals surface area (Å²) >= 11 is 1.66. The maximum atomic E-state index is 12.5. The SMILES string of the molecule is Nc1ccc(SC2=C/C(=C3/C(=O)NN=C3C3CC3)Nc3ccccc32)cc1. The molecule has 0 spiro atoms. The van der Waals surface area contributed by atoms with E-state index in [0.717, 1.165) is 51.0 Å². The number of hydrogen-bond acceptors (Lipinski definition) is 5. The first kappa shape index (κ1) is 16.2. The number of carbonyl (C=O) groups is 1. The normalized spacial score (nSPS) is 21.1. The molecule has 27 heavy (non-hydrogen) atoms. The number of allylic oxidation sites excluding steroid dienone is 1. The third-order valence-electron chi connectivity index (χ3n) is 4.84. The van der Waals surface area contributed by atoms with Crippen molar-refractivity contribution in [2.75, 3.05) is 11.1 Å². The number of nitrogens with two attached hydrogens (primary N) is 1. The molecule has 0 bridgehead atoms. The lowest BCUT2D eigenvalue weighted by Crippen LogP contribution is -2.20. The van der Waals surface area contributed by atoms with Gasteiger partial charge in [-0.1, -0.05) is 30.0 Å². The van der Waals surface area contributed by atoms with Gasteiger partial charge in [0.1, 0.15) is 0 Å². The fourth-order valence-corrected chi connectivity index (χ4v) is 4.32. The summed E-state index contributed by atoms with van der Waals surface area (Å²) < 4.78 is 0. The second kappa shape index (κ2) is 6.32. The largest absolute Gasteiger partial charge is 0.399 e. The zero-order valence-electron chi connectivity index (χ0n) is 14.5. The van der Waals surface area contributed by atoms with E-state index in [9.17, 15) is 4.79 Å². The van der Waals surface area contributed by atoms with E-state index in [1.807, 2.05) is 42.5 Å². The molecule has 0 unspecified atom stereocenters. The second-order valence-corrected chi connectivity index (χ2v) is 7.97. The van der Waals surface area contributed by atoms with Crippen molar-refractivity contribution in [3.8, 4) is 0 Å². The Morgan fingerprint density at radius 3 is 2.63 bits per heavy atom. The number of benzene rings is 2. The van der Waals surface area contributed by atoms with Crippen LogP contribution in [0.5, 0.6) is 0 Å². The highest BCUT2D eigenvalue weighted by atomic mass is 32.2. The minimum absolute atomic E-state index is 0.133. The van der Waals surface area contributed by atoms with Gasteiger partial charge in [-0.05, 0) is 49.2 Å². The van der Waals surface area contributed by atoms with Gasteiger partial charge in [0.15, 0.2) is 0 Å². The lowest BCUT2D eigenvalue weighted by molar-refractivity contribution is -0.116. The van der Waals surface area contributed by atoms with Gasteiger partial charge in [0.05, 0.1) is 17.0 Å². The van der Waals surface area contributed by atoms with Crippen LogP contribution in [-0.2, 0) is 4.79 Å². The highest BCUT2D eigenvalue weighted by molar-refractivity contribution is 8.08. The summed E-state index contributed by atoms with van der Waals surface area (Å²) in [6.07, 6.45) is 4.25. The van der Waals surface area contributed by atoms with Crippen LogP contribution in [0.25, 0.3) is 4.91 Å².